The lowest BCUT2D eigenvalue weighted by atomic mass is 9.92. The molecule has 3 nitrogen and oxygen atoms in total. The molecule has 21 heavy (non-hydrogen) atoms. The number of hydrogen-bond acceptors (Lipinski definition) is 2. The molecule has 0 saturated carbocycles. The normalized spacial score (nSPS) is 20.4. The Morgan fingerprint density at radius 2 is 2.10 bits per heavy atom. The third-order valence-corrected chi connectivity index (χ3v) is 5.33. The van der Waals surface area contributed by atoms with Crippen LogP contribution in [0.2, 0.25) is 0 Å². The second-order valence-electron chi connectivity index (χ2n) is 5.50. The highest BCUT2D eigenvalue weighted by Gasteiger charge is 2.31. The molecule has 0 aromatic heterocycles. The summed E-state index contributed by atoms with van der Waals surface area (Å²) in [5.41, 5.74) is 4.45. The summed E-state index contributed by atoms with van der Waals surface area (Å²) in [6.45, 7) is 0.684. The molecule has 0 bridgehead atoms. The monoisotopic (exact) mass is 343 g/mol. The van der Waals surface area contributed by atoms with E-state index < -0.39 is 0 Å². The lowest BCUT2D eigenvalue weighted by Crippen LogP contribution is -2.07. The smallest absolute Gasteiger partial charge is 0.228 e. The molecule has 2 aliphatic heterocycles. The minimum absolute atomic E-state index is 0.0721. The third-order valence-electron chi connectivity index (χ3n) is 4.16. The molecule has 0 spiro atoms. The van der Waals surface area contributed by atoms with Gasteiger partial charge >= 0.3 is 0 Å². The average molecular weight is 344 g/mol. The number of anilines is 1. The Bertz CT molecular complexity index is 728. The molecule has 0 radical (unpaired) electrons. The van der Waals surface area contributed by atoms with Gasteiger partial charge in [-0.15, -0.1) is 0 Å². The second kappa shape index (κ2) is 4.88. The van der Waals surface area contributed by atoms with Gasteiger partial charge in [0.15, 0.2) is 0 Å². The minimum atomic E-state index is 0.0721. The van der Waals surface area contributed by atoms with Crippen molar-refractivity contribution in [1.82, 2.24) is 0 Å². The summed E-state index contributed by atoms with van der Waals surface area (Å²) in [5.74, 6) is 1.34. The summed E-state index contributed by atoms with van der Waals surface area (Å²) in [4.78, 5) is 11.6. The number of carbonyl (C=O) groups is 1. The summed E-state index contributed by atoms with van der Waals surface area (Å²) in [6.07, 6.45) is 0.473. The molecule has 4 heteroatoms. The lowest BCUT2D eigenvalue weighted by Gasteiger charge is -2.18. The molecule has 1 amide bonds. The summed E-state index contributed by atoms with van der Waals surface area (Å²) in [5, 5.41) is 2.87. The summed E-state index contributed by atoms with van der Waals surface area (Å²) in [7, 11) is 0. The predicted octanol–water partition coefficient (Wildman–Crippen LogP) is 3.79. The van der Waals surface area contributed by atoms with E-state index in [4.69, 9.17) is 4.74 Å². The van der Waals surface area contributed by atoms with Crippen LogP contribution < -0.4 is 10.1 Å². The molecule has 1 N–H and O–H groups in total. The summed E-state index contributed by atoms with van der Waals surface area (Å²) >= 11 is 3.82. The highest BCUT2D eigenvalue weighted by atomic mass is 79.9. The van der Waals surface area contributed by atoms with Gasteiger partial charge in [0.1, 0.15) is 5.75 Å². The fourth-order valence-electron chi connectivity index (χ4n) is 3.08. The minimum Gasteiger partial charge on any atom is -0.493 e. The van der Waals surface area contributed by atoms with E-state index in [1.165, 1.54) is 11.1 Å². The Labute approximate surface area is 131 Å². The number of rotatable bonds is 2. The van der Waals surface area contributed by atoms with Gasteiger partial charge in [-0.2, -0.15) is 0 Å². The van der Waals surface area contributed by atoms with Gasteiger partial charge in [0.25, 0.3) is 0 Å². The van der Waals surface area contributed by atoms with Crippen LogP contribution in [0.4, 0.5) is 5.69 Å². The first kappa shape index (κ1) is 12.9. The number of ether oxygens (including phenoxy) is 1. The first-order valence-corrected chi connectivity index (χ1v) is 7.92. The molecule has 2 unspecified atom stereocenters. The zero-order chi connectivity index (χ0) is 14.4. The first-order chi connectivity index (χ1) is 10.2. The quantitative estimate of drug-likeness (QED) is 0.842. The molecule has 2 aliphatic rings. The van der Waals surface area contributed by atoms with Gasteiger partial charge in [-0.25, -0.2) is 0 Å². The van der Waals surface area contributed by atoms with Crippen LogP contribution in [0.15, 0.2) is 42.5 Å². The van der Waals surface area contributed by atoms with Gasteiger partial charge in [0.05, 0.1) is 13.0 Å². The molecular weight excluding hydrogens is 330 g/mol. The Morgan fingerprint density at radius 3 is 3.00 bits per heavy atom. The van der Waals surface area contributed by atoms with E-state index in [0.29, 0.717) is 18.9 Å². The fourth-order valence-corrected chi connectivity index (χ4v) is 3.81. The molecular formula is C17H14BrNO2. The maximum Gasteiger partial charge on any atom is 0.228 e. The zero-order valence-corrected chi connectivity index (χ0v) is 12.9. The Hall–Kier alpha value is -1.81. The van der Waals surface area contributed by atoms with E-state index in [2.05, 4.69) is 39.4 Å². The van der Waals surface area contributed by atoms with Crippen LogP contribution in [0, 0.1) is 0 Å². The number of para-hydroxylation sites is 1. The molecule has 106 valence electrons. The predicted molar refractivity (Wildman–Crippen MR) is 85.1 cm³/mol. The lowest BCUT2D eigenvalue weighted by molar-refractivity contribution is -0.115. The Balaban J connectivity index is 1.66. The molecule has 4 rings (SSSR count). The average Bonchev–Trinajstić information content (AvgIpc) is 3.07. The van der Waals surface area contributed by atoms with Gasteiger partial charge in [0.2, 0.25) is 5.91 Å². The van der Waals surface area contributed by atoms with Crippen molar-refractivity contribution in [3.05, 3.63) is 59.2 Å². The molecule has 2 heterocycles. The Kier molecular flexibility index (Phi) is 3.00. The topological polar surface area (TPSA) is 38.3 Å². The van der Waals surface area contributed by atoms with Crippen molar-refractivity contribution < 1.29 is 9.53 Å². The van der Waals surface area contributed by atoms with Crippen LogP contribution >= 0.6 is 15.9 Å². The number of alkyl halides is 1. The highest BCUT2D eigenvalue weighted by molar-refractivity contribution is 9.09. The van der Waals surface area contributed by atoms with Crippen LogP contribution in [0.5, 0.6) is 5.75 Å². The van der Waals surface area contributed by atoms with E-state index in [1.54, 1.807) is 0 Å². The van der Waals surface area contributed by atoms with Crippen LogP contribution in [0.25, 0.3) is 0 Å². The van der Waals surface area contributed by atoms with Gasteiger partial charge in [0, 0.05) is 22.0 Å². The molecule has 2 aromatic carbocycles. The maximum atomic E-state index is 11.5. The summed E-state index contributed by atoms with van der Waals surface area (Å²) in [6, 6.07) is 14.4. The zero-order valence-electron chi connectivity index (χ0n) is 11.3. The van der Waals surface area contributed by atoms with E-state index >= 15 is 0 Å². The van der Waals surface area contributed by atoms with Gasteiger partial charge in [-0.3, -0.25) is 4.79 Å². The van der Waals surface area contributed by atoms with Crippen molar-refractivity contribution in [3.8, 4) is 5.75 Å². The number of fused-ring (bicyclic) bond motifs is 2. The largest absolute Gasteiger partial charge is 0.493 e. The van der Waals surface area contributed by atoms with Crippen LogP contribution in [-0.2, 0) is 11.2 Å². The number of nitrogens with one attached hydrogen (secondary N) is 1. The van der Waals surface area contributed by atoms with E-state index in [1.807, 2.05) is 24.3 Å². The maximum absolute atomic E-state index is 11.5. The first-order valence-electron chi connectivity index (χ1n) is 7.01. The number of amides is 1. The van der Waals surface area contributed by atoms with E-state index in [-0.39, 0.29) is 10.7 Å². The molecule has 0 aliphatic carbocycles. The summed E-state index contributed by atoms with van der Waals surface area (Å²) < 4.78 is 5.77. The van der Waals surface area contributed by atoms with Crippen LogP contribution in [-0.4, -0.2) is 12.5 Å². The molecule has 0 saturated heterocycles. The second-order valence-corrected chi connectivity index (χ2v) is 6.49. The Morgan fingerprint density at radius 1 is 1.24 bits per heavy atom. The highest BCUT2D eigenvalue weighted by Crippen LogP contribution is 2.46. The van der Waals surface area contributed by atoms with Gasteiger partial charge in [-0.05, 0) is 23.3 Å². The van der Waals surface area contributed by atoms with Gasteiger partial charge < -0.3 is 10.1 Å². The SMILES string of the molecule is O=C1Cc2cc(C(Br)C3COc4ccccc43)ccc2N1. The van der Waals surface area contributed by atoms with Crippen molar-refractivity contribution in [2.45, 2.75) is 17.2 Å². The van der Waals surface area contributed by atoms with Crippen molar-refractivity contribution in [3.63, 3.8) is 0 Å². The van der Waals surface area contributed by atoms with E-state index in [9.17, 15) is 4.79 Å². The van der Waals surface area contributed by atoms with Gasteiger partial charge in [-0.1, -0.05) is 46.3 Å². The number of carbonyl (C=O) groups excluding carboxylic acids is 1. The van der Waals surface area contributed by atoms with Crippen LogP contribution in [0.3, 0.4) is 0 Å². The third kappa shape index (κ3) is 2.14. The molecule has 0 fully saturated rings. The standard InChI is InChI=1S/C17H14BrNO2/c18-17(13-9-21-15-4-2-1-3-12(13)15)10-5-6-14-11(7-10)8-16(20)19-14/h1-7,13,17H,8-9H2,(H,19,20). The van der Waals surface area contributed by atoms with Crippen molar-refractivity contribution in [2.24, 2.45) is 0 Å². The number of hydrogen-bond donors (Lipinski definition) is 1. The van der Waals surface area contributed by atoms with Crippen LogP contribution in [0.1, 0.15) is 27.4 Å². The van der Waals surface area contributed by atoms with Crippen molar-refractivity contribution in [2.75, 3.05) is 11.9 Å². The van der Waals surface area contributed by atoms with E-state index in [0.717, 1.165) is 17.0 Å². The number of halogens is 1. The number of benzene rings is 2. The molecule has 2 aromatic rings. The van der Waals surface area contributed by atoms with Crippen molar-refractivity contribution >= 4 is 27.5 Å². The fraction of sp³-hybridized carbons (Fsp3) is 0.235. The van der Waals surface area contributed by atoms with Crippen molar-refractivity contribution in [1.29, 1.82) is 0 Å². The molecule has 2 atom stereocenters.